The number of amides is 1. The monoisotopic (exact) mass is 381 g/mol. The number of rotatable bonds is 7. The maximum Gasteiger partial charge on any atom is 0.227 e. The molecule has 3 rings (SSSR count). The molecule has 0 atom stereocenters. The lowest BCUT2D eigenvalue weighted by Gasteiger charge is -2.17. The van der Waals surface area contributed by atoms with Crippen LogP contribution in [0.5, 0.6) is 5.75 Å². The molecule has 0 unspecified atom stereocenters. The Kier molecular flexibility index (Phi) is 6.44. The third-order valence-corrected chi connectivity index (χ3v) is 4.48. The van der Waals surface area contributed by atoms with Crippen LogP contribution in [0.15, 0.2) is 61.2 Å². The number of hydrogen-bond acceptors (Lipinski definition) is 3. The van der Waals surface area contributed by atoms with E-state index in [0.717, 1.165) is 35.7 Å². The van der Waals surface area contributed by atoms with Crippen molar-refractivity contribution in [3.63, 3.8) is 0 Å². The summed E-state index contributed by atoms with van der Waals surface area (Å²) in [6.07, 6.45) is 3.26. The number of benzene rings is 2. The van der Waals surface area contributed by atoms with E-state index in [-0.39, 0.29) is 5.91 Å². The molecule has 2 N–H and O–H groups in total. The van der Waals surface area contributed by atoms with Crippen LogP contribution in [0.3, 0.4) is 0 Å². The molecule has 0 aliphatic carbocycles. The van der Waals surface area contributed by atoms with Crippen molar-refractivity contribution in [1.82, 2.24) is 5.32 Å². The molecule has 0 aromatic heterocycles. The maximum absolute atomic E-state index is 11.9. The SMILES string of the molecule is C=CCOc1ccc(NC(=S)NCc2cccc(N3CCCC3=O)c2)cc1. The predicted molar refractivity (Wildman–Crippen MR) is 113 cm³/mol. The molecule has 0 bridgehead atoms. The van der Waals surface area contributed by atoms with Crippen LogP contribution in [0.4, 0.5) is 11.4 Å². The van der Waals surface area contributed by atoms with Crippen LogP contribution in [0.2, 0.25) is 0 Å². The van der Waals surface area contributed by atoms with E-state index in [4.69, 9.17) is 17.0 Å². The average Bonchev–Trinajstić information content (AvgIpc) is 3.12. The van der Waals surface area contributed by atoms with Crippen molar-refractivity contribution >= 4 is 34.6 Å². The fourth-order valence-electron chi connectivity index (χ4n) is 2.90. The van der Waals surface area contributed by atoms with Crippen LogP contribution >= 0.6 is 12.2 Å². The Morgan fingerprint density at radius 3 is 2.78 bits per heavy atom. The van der Waals surface area contributed by atoms with Gasteiger partial charge in [-0.3, -0.25) is 4.79 Å². The molecular weight excluding hydrogens is 358 g/mol. The Hall–Kier alpha value is -2.86. The second kappa shape index (κ2) is 9.19. The zero-order chi connectivity index (χ0) is 19.1. The quantitative estimate of drug-likeness (QED) is 0.563. The van der Waals surface area contributed by atoms with E-state index in [9.17, 15) is 4.79 Å². The minimum Gasteiger partial charge on any atom is -0.490 e. The van der Waals surface area contributed by atoms with E-state index in [2.05, 4.69) is 17.2 Å². The molecular formula is C21H23N3O2S. The normalized spacial score (nSPS) is 13.3. The summed E-state index contributed by atoms with van der Waals surface area (Å²) in [6.45, 7) is 5.49. The smallest absolute Gasteiger partial charge is 0.227 e. The molecule has 1 amide bonds. The van der Waals surface area contributed by atoms with Crippen LogP contribution in [0, 0.1) is 0 Å². The molecule has 1 fully saturated rings. The molecule has 1 aliphatic heterocycles. The molecule has 1 aliphatic rings. The molecule has 0 radical (unpaired) electrons. The Morgan fingerprint density at radius 2 is 2.07 bits per heavy atom. The van der Waals surface area contributed by atoms with Gasteiger partial charge in [0.1, 0.15) is 12.4 Å². The van der Waals surface area contributed by atoms with Gasteiger partial charge in [-0.15, -0.1) is 0 Å². The van der Waals surface area contributed by atoms with E-state index >= 15 is 0 Å². The number of carbonyl (C=O) groups excluding carboxylic acids is 1. The molecule has 1 saturated heterocycles. The molecule has 0 saturated carbocycles. The van der Waals surface area contributed by atoms with Crippen molar-refractivity contribution in [1.29, 1.82) is 0 Å². The first-order valence-corrected chi connectivity index (χ1v) is 9.34. The zero-order valence-electron chi connectivity index (χ0n) is 15.1. The second-order valence-corrected chi connectivity index (χ2v) is 6.66. The van der Waals surface area contributed by atoms with Gasteiger partial charge in [-0.05, 0) is 60.6 Å². The summed E-state index contributed by atoms with van der Waals surface area (Å²) in [5.74, 6) is 0.977. The molecule has 27 heavy (non-hydrogen) atoms. The summed E-state index contributed by atoms with van der Waals surface area (Å²) in [5, 5.41) is 6.89. The topological polar surface area (TPSA) is 53.6 Å². The van der Waals surface area contributed by atoms with Crippen LogP contribution in [-0.2, 0) is 11.3 Å². The van der Waals surface area contributed by atoms with Crippen molar-refractivity contribution < 1.29 is 9.53 Å². The predicted octanol–water partition coefficient (Wildman–Crippen LogP) is 3.86. The highest BCUT2D eigenvalue weighted by Gasteiger charge is 2.21. The third-order valence-electron chi connectivity index (χ3n) is 4.23. The number of thiocarbonyl (C=S) groups is 1. The van der Waals surface area contributed by atoms with E-state index in [0.29, 0.717) is 24.7 Å². The number of anilines is 2. The first-order chi connectivity index (χ1) is 13.2. The van der Waals surface area contributed by atoms with Gasteiger partial charge in [0.05, 0.1) is 0 Å². The molecule has 6 heteroatoms. The fourth-order valence-corrected chi connectivity index (χ4v) is 3.09. The van der Waals surface area contributed by atoms with Gasteiger partial charge in [0.15, 0.2) is 5.11 Å². The largest absolute Gasteiger partial charge is 0.490 e. The third kappa shape index (κ3) is 5.31. The van der Waals surface area contributed by atoms with Crippen molar-refractivity contribution in [3.05, 3.63) is 66.7 Å². The highest BCUT2D eigenvalue weighted by Crippen LogP contribution is 2.22. The lowest BCUT2D eigenvalue weighted by molar-refractivity contribution is -0.117. The Morgan fingerprint density at radius 1 is 1.26 bits per heavy atom. The van der Waals surface area contributed by atoms with Crippen LogP contribution < -0.4 is 20.3 Å². The van der Waals surface area contributed by atoms with Gasteiger partial charge in [-0.2, -0.15) is 0 Å². The standard InChI is InChI=1S/C21H23N3O2S/c1-2-13-26-19-10-8-17(9-11-19)23-21(27)22-15-16-5-3-6-18(14-16)24-12-4-7-20(24)25/h2-3,5-6,8-11,14H,1,4,7,12-13,15H2,(H2,22,23,27). The highest BCUT2D eigenvalue weighted by molar-refractivity contribution is 7.80. The van der Waals surface area contributed by atoms with Crippen LogP contribution in [-0.4, -0.2) is 24.2 Å². The first kappa shape index (κ1) is 18.9. The Balaban J connectivity index is 1.51. The average molecular weight is 382 g/mol. The Bertz CT molecular complexity index is 820. The highest BCUT2D eigenvalue weighted by atomic mass is 32.1. The summed E-state index contributed by atoms with van der Waals surface area (Å²) in [7, 11) is 0. The van der Waals surface area contributed by atoms with E-state index < -0.39 is 0 Å². The second-order valence-electron chi connectivity index (χ2n) is 6.25. The van der Waals surface area contributed by atoms with Gasteiger partial charge < -0.3 is 20.3 Å². The van der Waals surface area contributed by atoms with Crippen LogP contribution in [0.25, 0.3) is 0 Å². The van der Waals surface area contributed by atoms with E-state index in [1.165, 1.54) is 0 Å². The molecule has 2 aromatic rings. The minimum atomic E-state index is 0.192. The van der Waals surface area contributed by atoms with Crippen molar-refractivity contribution in [2.24, 2.45) is 0 Å². The van der Waals surface area contributed by atoms with Gasteiger partial charge in [-0.1, -0.05) is 24.8 Å². The van der Waals surface area contributed by atoms with Gasteiger partial charge in [0.25, 0.3) is 0 Å². The molecule has 5 nitrogen and oxygen atoms in total. The van der Waals surface area contributed by atoms with Crippen molar-refractivity contribution in [2.45, 2.75) is 19.4 Å². The molecule has 0 spiro atoms. The summed E-state index contributed by atoms with van der Waals surface area (Å²) in [5.41, 5.74) is 2.91. The first-order valence-electron chi connectivity index (χ1n) is 8.93. The van der Waals surface area contributed by atoms with E-state index in [1.807, 2.05) is 53.4 Å². The molecule has 1 heterocycles. The van der Waals surface area contributed by atoms with Gasteiger partial charge >= 0.3 is 0 Å². The summed E-state index contributed by atoms with van der Waals surface area (Å²) in [6, 6.07) is 15.6. The van der Waals surface area contributed by atoms with Crippen LogP contribution in [0.1, 0.15) is 18.4 Å². The lowest BCUT2D eigenvalue weighted by atomic mass is 10.2. The molecule has 140 valence electrons. The van der Waals surface area contributed by atoms with Gasteiger partial charge in [-0.25, -0.2) is 0 Å². The molecule has 2 aromatic carbocycles. The maximum atomic E-state index is 11.9. The summed E-state index contributed by atoms with van der Waals surface area (Å²) in [4.78, 5) is 13.7. The fraction of sp³-hybridized carbons (Fsp3) is 0.238. The number of nitrogens with one attached hydrogen (secondary N) is 2. The minimum absolute atomic E-state index is 0.192. The lowest BCUT2D eigenvalue weighted by Crippen LogP contribution is -2.28. The Labute approximate surface area is 165 Å². The summed E-state index contributed by atoms with van der Waals surface area (Å²) < 4.78 is 5.46. The number of carbonyl (C=O) groups is 1. The zero-order valence-corrected chi connectivity index (χ0v) is 15.9. The van der Waals surface area contributed by atoms with Gasteiger partial charge in [0, 0.05) is 30.9 Å². The van der Waals surface area contributed by atoms with E-state index in [1.54, 1.807) is 6.08 Å². The van der Waals surface area contributed by atoms with Crippen molar-refractivity contribution in [3.8, 4) is 5.75 Å². The number of ether oxygens (including phenoxy) is 1. The number of nitrogens with zero attached hydrogens (tertiary/aromatic N) is 1. The van der Waals surface area contributed by atoms with Crippen molar-refractivity contribution in [2.75, 3.05) is 23.4 Å². The summed E-state index contributed by atoms with van der Waals surface area (Å²) >= 11 is 5.37. The van der Waals surface area contributed by atoms with Gasteiger partial charge in [0.2, 0.25) is 5.91 Å². The number of hydrogen-bond donors (Lipinski definition) is 2.